The number of hydrogen-bond acceptors (Lipinski definition) is 5. The van der Waals surface area contributed by atoms with E-state index in [0.717, 1.165) is 36.5 Å². The second kappa shape index (κ2) is 6.70. The summed E-state index contributed by atoms with van der Waals surface area (Å²) in [4.78, 5) is 6.02. The molecule has 1 fully saturated rings. The Balaban J connectivity index is 1.72. The normalized spacial score (nSPS) is 18.3. The molecule has 0 aliphatic carbocycles. The molecule has 0 spiro atoms. The summed E-state index contributed by atoms with van der Waals surface area (Å²) in [5.41, 5.74) is 3.39. The SMILES string of the molecule is Bc1cc(NC(C)(C)C)nc2cc(-c3ccnn3C3CCCCO3)sc12. The number of aromatic nitrogens is 3. The fourth-order valence-corrected chi connectivity index (χ4v) is 4.50. The molecule has 0 radical (unpaired) electrons. The third-order valence-electron chi connectivity index (χ3n) is 4.52. The summed E-state index contributed by atoms with van der Waals surface area (Å²) in [6.45, 7) is 7.26. The van der Waals surface area contributed by atoms with Crippen LogP contribution in [0, 0.1) is 0 Å². The van der Waals surface area contributed by atoms with E-state index < -0.39 is 0 Å². The number of hydrogen-bond donors (Lipinski definition) is 1. The lowest BCUT2D eigenvalue weighted by Crippen LogP contribution is -2.27. The maximum atomic E-state index is 5.94. The van der Waals surface area contributed by atoms with Crippen LogP contribution in [-0.4, -0.2) is 34.8 Å². The third kappa shape index (κ3) is 3.51. The summed E-state index contributed by atoms with van der Waals surface area (Å²) in [5, 5.41) is 8.02. The molecule has 4 heterocycles. The average Bonchev–Trinajstić information content (AvgIpc) is 3.20. The van der Waals surface area contributed by atoms with Gasteiger partial charge in [-0.15, -0.1) is 11.3 Å². The van der Waals surface area contributed by atoms with Crippen LogP contribution in [-0.2, 0) is 4.74 Å². The molecule has 0 saturated carbocycles. The monoisotopic (exact) mass is 368 g/mol. The molecule has 5 nitrogen and oxygen atoms in total. The Hall–Kier alpha value is -1.86. The van der Waals surface area contributed by atoms with Crippen LogP contribution in [0.5, 0.6) is 0 Å². The minimum atomic E-state index is -0.0110. The summed E-state index contributed by atoms with van der Waals surface area (Å²) in [6, 6.07) is 6.39. The molecule has 0 aromatic carbocycles. The summed E-state index contributed by atoms with van der Waals surface area (Å²) in [5.74, 6) is 0.927. The van der Waals surface area contributed by atoms with Gasteiger partial charge in [0.2, 0.25) is 0 Å². The molecule has 1 unspecified atom stereocenters. The summed E-state index contributed by atoms with van der Waals surface area (Å²) >= 11 is 1.78. The second-order valence-electron chi connectivity index (χ2n) is 8.01. The van der Waals surface area contributed by atoms with Crippen molar-refractivity contribution >= 4 is 40.7 Å². The van der Waals surface area contributed by atoms with Crippen molar-refractivity contribution in [2.24, 2.45) is 0 Å². The number of nitrogens with zero attached hydrogens (tertiary/aromatic N) is 3. The Morgan fingerprint density at radius 2 is 2.15 bits per heavy atom. The quantitative estimate of drug-likeness (QED) is 0.721. The van der Waals surface area contributed by atoms with E-state index in [1.54, 1.807) is 11.3 Å². The molecule has 4 rings (SSSR count). The van der Waals surface area contributed by atoms with Crippen molar-refractivity contribution < 1.29 is 4.74 Å². The summed E-state index contributed by atoms with van der Waals surface area (Å²) in [6.07, 6.45) is 5.27. The lowest BCUT2D eigenvalue weighted by molar-refractivity contribution is -0.0383. The fraction of sp³-hybridized carbons (Fsp3) is 0.474. The van der Waals surface area contributed by atoms with E-state index in [4.69, 9.17) is 9.72 Å². The molecule has 26 heavy (non-hydrogen) atoms. The van der Waals surface area contributed by atoms with Gasteiger partial charge < -0.3 is 10.1 Å². The van der Waals surface area contributed by atoms with E-state index >= 15 is 0 Å². The first-order valence-electron chi connectivity index (χ1n) is 9.25. The Morgan fingerprint density at radius 1 is 1.31 bits per heavy atom. The van der Waals surface area contributed by atoms with Crippen molar-refractivity contribution in [3.8, 4) is 10.6 Å². The Labute approximate surface area is 159 Å². The number of anilines is 1. The first-order valence-corrected chi connectivity index (χ1v) is 10.1. The van der Waals surface area contributed by atoms with Gasteiger partial charge in [-0.1, -0.05) is 5.46 Å². The molecule has 3 aromatic rings. The molecular formula is C19H25BN4OS. The van der Waals surface area contributed by atoms with Crippen LogP contribution in [0.3, 0.4) is 0 Å². The highest BCUT2D eigenvalue weighted by molar-refractivity contribution is 7.23. The highest BCUT2D eigenvalue weighted by Crippen LogP contribution is 2.35. The third-order valence-corrected chi connectivity index (χ3v) is 5.80. The Morgan fingerprint density at radius 3 is 2.88 bits per heavy atom. The summed E-state index contributed by atoms with van der Waals surface area (Å²) in [7, 11) is 2.15. The minimum absolute atomic E-state index is 0.0110. The van der Waals surface area contributed by atoms with E-state index in [0.29, 0.717) is 0 Å². The van der Waals surface area contributed by atoms with Crippen LogP contribution in [0.2, 0.25) is 0 Å². The van der Waals surface area contributed by atoms with Crippen LogP contribution in [0.1, 0.15) is 46.3 Å². The summed E-state index contributed by atoms with van der Waals surface area (Å²) < 4.78 is 9.20. The predicted molar refractivity (Wildman–Crippen MR) is 111 cm³/mol. The van der Waals surface area contributed by atoms with Gasteiger partial charge in [-0.25, -0.2) is 9.67 Å². The van der Waals surface area contributed by atoms with Gasteiger partial charge in [0.1, 0.15) is 13.7 Å². The topological polar surface area (TPSA) is 52.0 Å². The standard InChI is InChI=1S/C19H25BN4OS/c1-19(2,3)23-16-10-12(20)18-13(22-16)11-15(26-18)14-7-8-21-24(14)17-6-4-5-9-25-17/h7-8,10-11,17H,4-6,9,20H2,1-3H3,(H,22,23). The van der Waals surface area contributed by atoms with Crippen molar-refractivity contribution in [1.29, 1.82) is 0 Å². The number of fused-ring (bicyclic) bond motifs is 1. The van der Waals surface area contributed by atoms with Gasteiger partial charge in [0.15, 0.2) is 6.23 Å². The van der Waals surface area contributed by atoms with E-state index in [9.17, 15) is 0 Å². The van der Waals surface area contributed by atoms with E-state index in [2.05, 4.69) is 57.2 Å². The van der Waals surface area contributed by atoms with Crippen LogP contribution in [0.4, 0.5) is 5.82 Å². The van der Waals surface area contributed by atoms with Crippen LogP contribution in [0.15, 0.2) is 24.4 Å². The van der Waals surface area contributed by atoms with Gasteiger partial charge in [-0.05, 0) is 58.2 Å². The molecule has 7 heteroatoms. The molecular weight excluding hydrogens is 343 g/mol. The Bertz CT molecular complexity index is 921. The van der Waals surface area contributed by atoms with Crippen molar-refractivity contribution in [3.05, 3.63) is 24.4 Å². The number of nitrogens with one attached hydrogen (secondary N) is 1. The first kappa shape index (κ1) is 17.6. The first-order chi connectivity index (χ1) is 12.4. The smallest absolute Gasteiger partial charge is 0.150 e. The van der Waals surface area contributed by atoms with Crippen molar-refractivity contribution in [3.63, 3.8) is 0 Å². The predicted octanol–water partition coefficient (Wildman–Crippen LogP) is 3.33. The zero-order valence-electron chi connectivity index (χ0n) is 15.9. The van der Waals surface area contributed by atoms with Crippen molar-refractivity contribution in [2.45, 2.75) is 51.8 Å². The van der Waals surface area contributed by atoms with Crippen molar-refractivity contribution in [1.82, 2.24) is 14.8 Å². The molecule has 136 valence electrons. The highest BCUT2D eigenvalue weighted by Gasteiger charge is 2.21. The second-order valence-corrected chi connectivity index (χ2v) is 9.06. The van der Waals surface area contributed by atoms with Gasteiger partial charge in [-0.2, -0.15) is 5.10 Å². The van der Waals surface area contributed by atoms with Crippen LogP contribution in [0.25, 0.3) is 20.8 Å². The van der Waals surface area contributed by atoms with Gasteiger partial charge in [0, 0.05) is 23.0 Å². The fourth-order valence-electron chi connectivity index (χ4n) is 3.41. The van der Waals surface area contributed by atoms with E-state index in [-0.39, 0.29) is 11.8 Å². The van der Waals surface area contributed by atoms with Gasteiger partial charge in [-0.3, -0.25) is 0 Å². The number of thiophene rings is 1. The molecule has 3 aromatic heterocycles. The average molecular weight is 368 g/mol. The molecule has 0 amide bonds. The maximum Gasteiger partial charge on any atom is 0.150 e. The molecule has 1 saturated heterocycles. The molecule has 1 atom stereocenters. The maximum absolute atomic E-state index is 5.94. The highest BCUT2D eigenvalue weighted by atomic mass is 32.1. The largest absolute Gasteiger partial charge is 0.365 e. The van der Waals surface area contributed by atoms with Crippen molar-refractivity contribution in [2.75, 3.05) is 11.9 Å². The van der Waals surface area contributed by atoms with Crippen LogP contribution >= 0.6 is 11.3 Å². The lowest BCUT2D eigenvalue weighted by atomic mass is 9.96. The molecule has 0 bridgehead atoms. The minimum Gasteiger partial charge on any atom is -0.365 e. The number of rotatable bonds is 3. The van der Waals surface area contributed by atoms with Gasteiger partial charge >= 0.3 is 0 Å². The molecule has 1 N–H and O–H groups in total. The number of ether oxygens (including phenoxy) is 1. The zero-order chi connectivity index (χ0) is 18.3. The zero-order valence-corrected chi connectivity index (χ0v) is 16.7. The molecule has 1 aliphatic heterocycles. The Kier molecular flexibility index (Phi) is 4.53. The lowest BCUT2D eigenvalue weighted by Gasteiger charge is -2.24. The van der Waals surface area contributed by atoms with E-state index in [1.165, 1.54) is 21.5 Å². The van der Waals surface area contributed by atoms with Gasteiger partial charge in [0.05, 0.1) is 16.1 Å². The molecule has 1 aliphatic rings. The van der Waals surface area contributed by atoms with Crippen LogP contribution < -0.4 is 10.8 Å². The van der Waals surface area contributed by atoms with Gasteiger partial charge in [0.25, 0.3) is 0 Å². The number of pyridine rings is 1. The van der Waals surface area contributed by atoms with E-state index in [1.807, 2.05) is 10.9 Å².